The number of amides is 3. The van der Waals surface area contributed by atoms with E-state index in [0.29, 0.717) is 29.4 Å². The zero-order valence-electron chi connectivity index (χ0n) is 19.0. The second-order valence-electron chi connectivity index (χ2n) is 7.17. The zero-order valence-corrected chi connectivity index (χ0v) is 24.1. The van der Waals surface area contributed by atoms with E-state index in [1.165, 1.54) is 16.6 Å². The van der Waals surface area contributed by atoms with Crippen molar-refractivity contribution >= 4 is 29.2 Å². The average molecular weight is 703 g/mol. The summed E-state index contributed by atoms with van der Waals surface area (Å²) in [5.41, 5.74) is 3.93. The molecule has 6 nitrogen and oxygen atoms in total. The maximum absolute atomic E-state index is 14.9. The number of hydrogen-bond acceptors (Lipinski definition) is 3. The van der Waals surface area contributed by atoms with Crippen molar-refractivity contribution in [2.45, 2.75) is 20.4 Å². The summed E-state index contributed by atoms with van der Waals surface area (Å²) in [5.74, 6) is 4.00. The van der Waals surface area contributed by atoms with E-state index in [4.69, 9.17) is 17.4 Å². The van der Waals surface area contributed by atoms with Crippen LogP contribution in [-0.4, -0.2) is 48.1 Å². The van der Waals surface area contributed by atoms with Gasteiger partial charge in [0.1, 0.15) is 0 Å². The zero-order chi connectivity index (χ0) is 24.4. The number of alkyl halides is 4. The molecule has 10 heteroatoms. The first kappa shape index (κ1) is 28.1. The van der Waals surface area contributed by atoms with E-state index in [1.54, 1.807) is 11.0 Å². The van der Waals surface area contributed by atoms with Gasteiger partial charge in [-0.05, 0) is 0 Å². The van der Waals surface area contributed by atoms with Gasteiger partial charge in [-0.2, -0.15) is 0 Å². The standard InChI is InChI=1S/C23H30ClFI2N4O2/c1-4-27-10-12-30(11-9-26-3)23(33)31(19-8-5-16(2)20(24)14-19)15-18-7-6-17(13-21(18)25)22(32)29-28/h5-8,13-14H,4,9-12,15,28H2,1-3H3,(H,29,32)/q-2. The topological polar surface area (TPSA) is 78.7 Å². The fraction of sp³-hybridized carbons (Fsp3) is 0.391. The molecular formula is C23H30ClFI2N4O2-2. The molecule has 0 aromatic heterocycles. The predicted octanol–water partition coefficient (Wildman–Crippen LogP) is -2.35. The average Bonchev–Trinajstić information content (AvgIpc) is 2.81. The van der Waals surface area contributed by atoms with Gasteiger partial charge in [-0.25, -0.2) is 5.84 Å². The number of nitrogens with one attached hydrogen (secondary N) is 1. The first-order chi connectivity index (χ1) is 15.8. The van der Waals surface area contributed by atoms with Crippen LogP contribution in [0.1, 0.15) is 28.4 Å². The Hall–Kier alpha value is -1.18. The summed E-state index contributed by atoms with van der Waals surface area (Å²) < 4.78 is 18.1. The first-order valence-corrected chi connectivity index (χ1v) is 17.5. The molecule has 0 unspecified atom stereocenters. The molecule has 0 aliphatic carbocycles. The summed E-state index contributed by atoms with van der Waals surface area (Å²) in [5, 5.41) is 0.545. The number of halogens is 4. The number of rotatable bonds is 11. The van der Waals surface area contributed by atoms with Gasteiger partial charge in [-0.1, -0.05) is 0 Å². The summed E-state index contributed by atoms with van der Waals surface area (Å²) in [6.07, 6.45) is 0. The molecular weight excluding hydrogens is 673 g/mol. The fourth-order valence-electron chi connectivity index (χ4n) is 3.05. The first-order valence-electron chi connectivity index (χ1n) is 10.4. The third kappa shape index (κ3) is 8.22. The molecule has 2 rings (SSSR count). The Balaban J connectivity index is 2.41. The van der Waals surface area contributed by atoms with Crippen LogP contribution in [0.5, 0.6) is 0 Å². The Kier molecular flexibility index (Phi) is 12.1. The molecule has 2 aromatic rings. The van der Waals surface area contributed by atoms with Crippen LogP contribution in [-0.2, 0) is 6.54 Å². The van der Waals surface area contributed by atoms with Gasteiger partial charge in [0.2, 0.25) is 0 Å². The Labute approximate surface area is 220 Å². The molecule has 0 heterocycles. The number of benzene rings is 2. The summed E-state index contributed by atoms with van der Waals surface area (Å²) in [4.78, 5) is 31.1. The summed E-state index contributed by atoms with van der Waals surface area (Å²) >= 11 is 6.47. The van der Waals surface area contributed by atoms with E-state index in [2.05, 4.69) is 11.9 Å². The minimum absolute atomic E-state index is 0.0229. The van der Waals surface area contributed by atoms with Crippen molar-refractivity contribution in [2.75, 3.05) is 36.2 Å². The van der Waals surface area contributed by atoms with E-state index in [9.17, 15) is 14.0 Å². The van der Waals surface area contributed by atoms with Gasteiger partial charge in [0.15, 0.2) is 0 Å². The van der Waals surface area contributed by atoms with Gasteiger partial charge in [0, 0.05) is 0 Å². The second-order valence-corrected chi connectivity index (χ2v) is 13.9. The maximum atomic E-state index is 14.9. The van der Waals surface area contributed by atoms with E-state index in [-0.39, 0.29) is 60.5 Å². The Morgan fingerprint density at radius 3 is 2.48 bits per heavy atom. The molecule has 33 heavy (non-hydrogen) atoms. The number of hydrogen-bond donors (Lipinski definition) is 2. The number of nitrogen functional groups attached to an aromatic ring is 1. The van der Waals surface area contributed by atoms with Crippen LogP contribution in [0.25, 0.3) is 0 Å². The second kappa shape index (κ2) is 14.3. The number of hydrazine groups is 1. The predicted molar refractivity (Wildman–Crippen MR) is 124 cm³/mol. The van der Waals surface area contributed by atoms with E-state index < -0.39 is 11.7 Å². The van der Waals surface area contributed by atoms with Crippen LogP contribution < -0.4 is 58.6 Å². The number of aryl methyl sites for hydroxylation is 1. The quantitative estimate of drug-likeness (QED) is 0.0689. The van der Waals surface area contributed by atoms with Crippen LogP contribution >= 0.6 is 11.6 Å². The van der Waals surface area contributed by atoms with Crippen molar-refractivity contribution in [1.82, 2.24) is 10.3 Å². The molecule has 184 valence electrons. The molecule has 0 saturated carbocycles. The number of urea groups is 1. The molecule has 3 N–H and O–H groups in total. The Morgan fingerprint density at radius 2 is 1.88 bits per heavy atom. The third-order valence-corrected chi connectivity index (χ3v) is 9.26. The van der Waals surface area contributed by atoms with E-state index in [0.717, 1.165) is 20.5 Å². The summed E-state index contributed by atoms with van der Waals surface area (Å²) in [6, 6.07) is 9.41. The molecule has 0 saturated heterocycles. The van der Waals surface area contributed by atoms with Gasteiger partial charge >= 0.3 is 216 Å². The molecule has 2 aromatic carbocycles. The van der Waals surface area contributed by atoms with Crippen molar-refractivity contribution in [3.63, 3.8) is 0 Å². The Morgan fingerprint density at radius 1 is 1.15 bits per heavy atom. The molecule has 0 bridgehead atoms. The van der Waals surface area contributed by atoms with Crippen molar-refractivity contribution in [2.24, 2.45) is 5.84 Å². The molecule has 3 amide bonds. The molecule has 0 spiro atoms. The number of carbonyl (C=O) groups is 2. The molecule has 0 fully saturated rings. The van der Waals surface area contributed by atoms with Gasteiger partial charge in [-0.15, -0.1) is 0 Å². The number of anilines is 1. The van der Waals surface area contributed by atoms with Gasteiger partial charge in [0.25, 0.3) is 0 Å². The fourth-order valence-corrected chi connectivity index (χ4v) is 5.97. The van der Waals surface area contributed by atoms with Crippen LogP contribution in [0.2, 0.25) is 5.02 Å². The third-order valence-electron chi connectivity index (χ3n) is 4.96. The number of nitrogens with zero attached hydrogens (tertiary/aromatic N) is 2. The monoisotopic (exact) mass is 702 g/mol. The van der Waals surface area contributed by atoms with Crippen LogP contribution in [0.15, 0.2) is 36.4 Å². The normalized spacial score (nSPS) is 11.0. The minimum atomic E-state index is -0.577. The van der Waals surface area contributed by atoms with Crippen molar-refractivity contribution < 1.29 is 56.4 Å². The SMILES string of the molecule is CC[I-]CCN(CC[I-]C)C(=O)N(Cc1ccc(C(=O)NN)cc1F)c1ccc(C)c(Cl)c1. The Bertz CT molecular complexity index is 964. The van der Waals surface area contributed by atoms with Gasteiger partial charge < -0.3 is 0 Å². The number of nitrogens with two attached hydrogens (primary N) is 1. The van der Waals surface area contributed by atoms with Crippen molar-refractivity contribution in [3.05, 3.63) is 63.9 Å². The number of carbonyl (C=O) groups excluding carboxylic acids is 2. The van der Waals surface area contributed by atoms with E-state index in [1.807, 2.05) is 29.4 Å². The summed E-state index contributed by atoms with van der Waals surface area (Å²) in [6.45, 7) is 5.50. The van der Waals surface area contributed by atoms with Crippen LogP contribution in [0, 0.1) is 12.7 Å². The van der Waals surface area contributed by atoms with Crippen LogP contribution in [0.3, 0.4) is 0 Å². The van der Waals surface area contributed by atoms with Gasteiger partial charge in [-0.3, -0.25) is 0 Å². The molecule has 0 atom stereocenters. The van der Waals surface area contributed by atoms with Crippen molar-refractivity contribution in [3.8, 4) is 0 Å². The molecule has 0 aliphatic heterocycles. The van der Waals surface area contributed by atoms with E-state index >= 15 is 0 Å². The van der Waals surface area contributed by atoms with Crippen molar-refractivity contribution in [1.29, 1.82) is 0 Å². The molecule has 0 radical (unpaired) electrons. The van der Waals surface area contributed by atoms with Gasteiger partial charge in [0.05, 0.1) is 0 Å². The molecule has 0 aliphatic rings. The van der Waals surface area contributed by atoms with Crippen LogP contribution in [0.4, 0.5) is 14.9 Å². The summed E-state index contributed by atoms with van der Waals surface area (Å²) in [7, 11) is 0.